The molecule has 3 atom stereocenters. The van der Waals surface area contributed by atoms with E-state index in [-0.39, 0.29) is 0 Å². The van der Waals surface area contributed by atoms with Gasteiger partial charge in [0.05, 0.1) is 0 Å². The van der Waals surface area contributed by atoms with Crippen LogP contribution >= 0.6 is 0 Å². The van der Waals surface area contributed by atoms with Crippen molar-refractivity contribution in [1.29, 1.82) is 0 Å². The lowest BCUT2D eigenvalue weighted by Gasteiger charge is -2.42. The fraction of sp³-hybridized carbons (Fsp3) is 0.733. The first-order valence-electron chi connectivity index (χ1n) is 6.37. The zero-order valence-corrected chi connectivity index (χ0v) is 10.5. The summed E-state index contributed by atoms with van der Waals surface area (Å²) in [5.74, 6) is 1.68. The molecule has 0 aromatic carbocycles. The summed E-state index contributed by atoms with van der Waals surface area (Å²) in [6.45, 7) is 11.2. The maximum Gasteiger partial charge on any atom is -0.0146 e. The summed E-state index contributed by atoms with van der Waals surface area (Å²) in [5.41, 5.74) is 3.60. The van der Waals surface area contributed by atoms with E-state index in [0.717, 1.165) is 11.8 Å². The molecule has 0 aliphatic heterocycles. The predicted octanol–water partition coefficient (Wildman–Crippen LogP) is 4.73. The van der Waals surface area contributed by atoms with Crippen molar-refractivity contribution < 1.29 is 0 Å². The van der Waals surface area contributed by atoms with E-state index >= 15 is 0 Å². The van der Waals surface area contributed by atoms with Gasteiger partial charge in [-0.25, -0.2) is 0 Å². The summed E-state index contributed by atoms with van der Waals surface area (Å²) in [5, 5.41) is 0. The lowest BCUT2D eigenvalue weighted by molar-refractivity contribution is 0.142. The van der Waals surface area contributed by atoms with E-state index < -0.39 is 0 Å². The molecule has 1 spiro atoms. The van der Waals surface area contributed by atoms with Gasteiger partial charge in [-0.15, -0.1) is 0 Å². The van der Waals surface area contributed by atoms with E-state index in [1.165, 1.54) is 37.7 Å². The molecule has 0 heterocycles. The molecule has 1 saturated carbocycles. The second-order valence-electron chi connectivity index (χ2n) is 5.87. The van der Waals surface area contributed by atoms with Gasteiger partial charge in [0.25, 0.3) is 0 Å². The molecule has 0 aromatic heterocycles. The van der Waals surface area contributed by atoms with Gasteiger partial charge in [-0.05, 0) is 63.2 Å². The molecule has 0 aromatic rings. The molecule has 84 valence electrons. The SMILES string of the molecule is C=C(C)[C@H]1CC[C@@H](C)[C@]12CC=C(C)CC2. The van der Waals surface area contributed by atoms with Gasteiger partial charge in [-0.1, -0.05) is 30.7 Å². The van der Waals surface area contributed by atoms with Gasteiger partial charge in [0.1, 0.15) is 0 Å². The van der Waals surface area contributed by atoms with Crippen LogP contribution in [0.4, 0.5) is 0 Å². The minimum Gasteiger partial charge on any atom is -0.0998 e. The average molecular weight is 204 g/mol. The number of rotatable bonds is 1. The first kappa shape index (κ1) is 11.0. The van der Waals surface area contributed by atoms with E-state index in [1.54, 1.807) is 5.57 Å². The second kappa shape index (κ2) is 3.81. The summed E-state index contributed by atoms with van der Waals surface area (Å²) in [7, 11) is 0. The van der Waals surface area contributed by atoms with Crippen molar-refractivity contribution in [3.05, 3.63) is 23.8 Å². The number of allylic oxidation sites excluding steroid dienone is 3. The van der Waals surface area contributed by atoms with Crippen molar-refractivity contribution >= 4 is 0 Å². The van der Waals surface area contributed by atoms with Crippen molar-refractivity contribution in [2.24, 2.45) is 17.3 Å². The van der Waals surface area contributed by atoms with E-state index in [1.807, 2.05) is 0 Å². The van der Waals surface area contributed by atoms with Gasteiger partial charge in [0.15, 0.2) is 0 Å². The maximum atomic E-state index is 4.22. The van der Waals surface area contributed by atoms with Crippen LogP contribution in [0.15, 0.2) is 23.8 Å². The third-order valence-electron chi connectivity index (χ3n) is 4.97. The van der Waals surface area contributed by atoms with Crippen molar-refractivity contribution in [3.8, 4) is 0 Å². The number of hydrogen-bond acceptors (Lipinski definition) is 0. The van der Waals surface area contributed by atoms with Crippen LogP contribution in [0.25, 0.3) is 0 Å². The Morgan fingerprint density at radius 1 is 1.47 bits per heavy atom. The van der Waals surface area contributed by atoms with Crippen molar-refractivity contribution in [1.82, 2.24) is 0 Å². The van der Waals surface area contributed by atoms with Crippen LogP contribution in [0, 0.1) is 17.3 Å². The van der Waals surface area contributed by atoms with E-state index in [2.05, 4.69) is 33.4 Å². The van der Waals surface area contributed by atoms with Gasteiger partial charge in [-0.3, -0.25) is 0 Å². The molecule has 0 N–H and O–H groups in total. The van der Waals surface area contributed by atoms with Gasteiger partial charge < -0.3 is 0 Å². The number of hydrogen-bond donors (Lipinski definition) is 0. The van der Waals surface area contributed by atoms with Crippen LogP contribution in [0.2, 0.25) is 0 Å². The van der Waals surface area contributed by atoms with Gasteiger partial charge in [-0.2, -0.15) is 0 Å². The lowest BCUT2D eigenvalue weighted by atomic mass is 9.63. The first-order valence-corrected chi connectivity index (χ1v) is 6.37. The quantitative estimate of drug-likeness (QED) is 0.542. The molecule has 0 unspecified atom stereocenters. The minimum atomic E-state index is 0.575. The summed E-state index contributed by atoms with van der Waals surface area (Å²) in [6.07, 6.45) is 9.29. The van der Waals surface area contributed by atoms with Crippen LogP contribution in [-0.2, 0) is 0 Å². The molecule has 2 rings (SSSR count). The van der Waals surface area contributed by atoms with Crippen molar-refractivity contribution in [2.45, 2.75) is 52.9 Å². The molecule has 15 heavy (non-hydrogen) atoms. The third kappa shape index (κ3) is 1.68. The predicted molar refractivity (Wildman–Crippen MR) is 66.7 cm³/mol. The van der Waals surface area contributed by atoms with Crippen LogP contribution in [0.3, 0.4) is 0 Å². The molecule has 1 fully saturated rings. The Kier molecular flexibility index (Phi) is 2.79. The Hall–Kier alpha value is -0.520. The monoisotopic (exact) mass is 204 g/mol. The van der Waals surface area contributed by atoms with E-state index in [9.17, 15) is 0 Å². The van der Waals surface area contributed by atoms with E-state index in [4.69, 9.17) is 0 Å². The highest BCUT2D eigenvalue weighted by Gasteiger charge is 2.47. The summed E-state index contributed by atoms with van der Waals surface area (Å²) in [4.78, 5) is 0. The highest BCUT2D eigenvalue weighted by atomic mass is 14.5. The van der Waals surface area contributed by atoms with Crippen LogP contribution < -0.4 is 0 Å². The summed E-state index contributed by atoms with van der Waals surface area (Å²) in [6, 6.07) is 0. The highest BCUT2D eigenvalue weighted by Crippen LogP contribution is 2.57. The zero-order chi connectivity index (χ0) is 11.1. The van der Waals surface area contributed by atoms with Crippen LogP contribution in [-0.4, -0.2) is 0 Å². The molecule has 2 aliphatic carbocycles. The fourth-order valence-electron chi connectivity index (χ4n) is 3.83. The molecule has 0 radical (unpaired) electrons. The topological polar surface area (TPSA) is 0 Å². The van der Waals surface area contributed by atoms with Crippen molar-refractivity contribution in [3.63, 3.8) is 0 Å². The minimum absolute atomic E-state index is 0.575. The van der Waals surface area contributed by atoms with Gasteiger partial charge >= 0.3 is 0 Å². The first-order chi connectivity index (χ1) is 7.06. The van der Waals surface area contributed by atoms with Gasteiger partial charge in [0.2, 0.25) is 0 Å². The van der Waals surface area contributed by atoms with Crippen LogP contribution in [0.5, 0.6) is 0 Å². The smallest absolute Gasteiger partial charge is 0.0146 e. The molecular weight excluding hydrogens is 180 g/mol. The molecule has 0 bridgehead atoms. The highest BCUT2D eigenvalue weighted by molar-refractivity contribution is 5.17. The van der Waals surface area contributed by atoms with Crippen molar-refractivity contribution in [2.75, 3.05) is 0 Å². The summed E-state index contributed by atoms with van der Waals surface area (Å²) < 4.78 is 0. The third-order valence-corrected chi connectivity index (χ3v) is 4.97. The largest absolute Gasteiger partial charge is 0.0998 e. The Morgan fingerprint density at radius 3 is 2.73 bits per heavy atom. The van der Waals surface area contributed by atoms with Gasteiger partial charge in [0, 0.05) is 0 Å². The molecule has 0 heteroatoms. The standard InChI is InChI=1S/C15H24/c1-11(2)14-6-5-13(4)15(14)9-7-12(3)8-10-15/h7,13-14H,1,5-6,8-10H2,2-4H3/t13-,14-,15-/m1/s1. The Balaban J connectivity index is 2.27. The summed E-state index contributed by atoms with van der Waals surface area (Å²) >= 11 is 0. The Labute approximate surface area is 94.5 Å². The zero-order valence-electron chi connectivity index (χ0n) is 10.5. The van der Waals surface area contributed by atoms with Crippen LogP contribution in [0.1, 0.15) is 52.9 Å². The Morgan fingerprint density at radius 2 is 2.20 bits per heavy atom. The van der Waals surface area contributed by atoms with E-state index in [0.29, 0.717) is 5.41 Å². The fourth-order valence-corrected chi connectivity index (χ4v) is 3.83. The second-order valence-corrected chi connectivity index (χ2v) is 5.87. The molecule has 0 nitrogen and oxygen atoms in total. The average Bonchev–Trinajstić information content (AvgIpc) is 2.50. The lowest BCUT2D eigenvalue weighted by Crippen LogP contribution is -2.33. The molecule has 0 saturated heterocycles. The molecular formula is C15H24. The molecule has 2 aliphatic rings. The molecule has 0 amide bonds. The maximum absolute atomic E-state index is 4.22. The normalized spacial score (nSPS) is 40.6. The Bertz CT molecular complexity index is 297.